The summed E-state index contributed by atoms with van der Waals surface area (Å²) in [7, 11) is 0. The SMILES string of the molecule is CCCn1c(CC)nc(C2CCCCC2)c1N. The molecule has 1 heterocycles. The van der Waals surface area contributed by atoms with E-state index in [2.05, 4.69) is 18.4 Å². The second-order valence-electron chi connectivity index (χ2n) is 5.14. The van der Waals surface area contributed by atoms with Crippen molar-refractivity contribution in [2.45, 2.75) is 71.3 Å². The molecule has 1 aromatic rings. The average Bonchev–Trinajstić information content (AvgIpc) is 2.69. The van der Waals surface area contributed by atoms with E-state index >= 15 is 0 Å². The number of aromatic nitrogens is 2. The van der Waals surface area contributed by atoms with Gasteiger partial charge in [0, 0.05) is 18.9 Å². The zero-order valence-corrected chi connectivity index (χ0v) is 11.2. The molecule has 0 spiro atoms. The molecule has 0 saturated heterocycles. The van der Waals surface area contributed by atoms with Gasteiger partial charge in [0.05, 0.1) is 5.69 Å². The Morgan fingerprint density at radius 1 is 1.24 bits per heavy atom. The lowest BCUT2D eigenvalue weighted by Gasteiger charge is -2.20. The van der Waals surface area contributed by atoms with Crippen molar-refractivity contribution >= 4 is 5.82 Å². The molecule has 17 heavy (non-hydrogen) atoms. The van der Waals surface area contributed by atoms with Crippen LogP contribution < -0.4 is 5.73 Å². The molecule has 1 fully saturated rings. The normalized spacial score (nSPS) is 17.5. The molecule has 0 aromatic carbocycles. The predicted octanol–water partition coefficient (Wildman–Crippen LogP) is 3.49. The van der Waals surface area contributed by atoms with Crippen molar-refractivity contribution in [2.24, 2.45) is 0 Å². The lowest BCUT2D eigenvalue weighted by molar-refractivity contribution is 0.438. The molecule has 0 atom stereocenters. The van der Waals surface area contributed by atoms with Crippen molar-refractivity contribution < 1.29 is 0 Å². The summed E-state index contributed by atoms with van der Waals surface area (Å²) >= 11 is 0. The zero-order chi connectivity index (χ0) is 12.3. The van der Waals surface area contributed by atoms with E-state index in [1.165, 1.54) is 43.6 Å². The summed E-state index contributed by atoms with van der Waals surface area (Å²) in [5.41, 5.74) is 7.49. The second-order valence-corrected chi connectivity index (χ2v) is 5.14. The molecule has 0 bridgehead atoms. The van der Waals surface area contributed by atoms with Crippen LogP contribution in [-0.2, 0) is 13.0 Å². The van der Waals surface area contributed by atoms with E-state index in [1.54, 1.807) is 0 Å². The Bertz CT molecular complexity index is 362. The van der Waals surface area contributed by atoms with E-state index in [1.807, 2.05) is 0 Å². The fourth-order valence-electron chi connectivity index (χ4n) is 2.95. The van der Waals surface area contributed by atoms with Crippen LogP contribution in [-0.4, -0.2) is 9.55 Å². The molecule has 2 rings (SSSR count). The molecule has 3 heteroatoms. The van der Waals surface area contributed by atoms with Gasteiger partial charge in [0.25, 0.3) is 0 Å². The molecule has 0 amide bonds. The first kappa shape index (κ1) is 12.5. The summed E-state index contributed by atoms with van der Waals surface area (Å²) in [6, 6.07) is 0. The van der Waals surface area contributed by atoms with Crippen molar-refractivity contribution in [1.82, 2.24) is 9.55 Å². The number of nitrogens with two attached hydrogens (primary N) is 1. The first-order valence-electron chi connectivity index (χ1n) is 7.12. The monoisotopic (exact) mass is 235 g/mol. The van der Waals surface area contributed by atoms with Crippen molar-refractivity contribution in [3.63, 3.8) is 0 Å². The molecule has 0 unspecified atom stereocenters. The molecule has 2 N–H and O–H groups in total. The number of hydrogen-bond acceptors (Lipinski definition) is 2. The van der Waals surface area contributed by atoms with Crippen LogP contribution in [0.3, 0.4) is 0 Å². The zero-order valence-electron chi connectivity index (χ0n) is 11.2. The fraction of sp³-hybridized carbons (Fsp3) is 0.786. The van der Waals surface area contributed by atoms with E-state index in [0.717, 1.165) is 25.2 Å². The Morgan fingerprint density at radius 3 is 2.53 bits per heavy atom. The fourth-order valence-corrected chi connectivity index (χ4v) is 2.95. The van der Waals surface area contributed by atoms with E-state index in [0.29, 0.717) is 5.92 Å². The number of rotatable bonds is 4. The Labute approximate surface area is 104 Å². The number of nitrogen functional groups attached to an aromatic ring is 1. The molecule has 1 saturated carbocycles. The summed E-state index contributed by atoms with van der Waals surface area (Å²) < 4.78 is 2.23. The quantitative estimate of drug-likeness (QED) is 0.868. The van der Waals surface area contributed by atoms with Crippen LogP contribution in [0.1, 0.15) is 69.8 Å². The van der Waals surface area contributed by atoms with Crippen LogP contribution in [0.15, 0.2) is 0 Å². The maximum atomic E-state index is 6.30. The Balaban J connectivity index is 2.27. The number of nitrogens with zero attached hydrogens (tertiary/aromatic N) is 2. The summed E-state index contributed by atoms with van der Waals surface area (Å²) in [5.74, 6) is 2.73. The van der Waals surface area contributed by atoms with Gasteiger partial charge in [-0.2, -0.15) is 0 Å². The highest BCUT2D eigenvalue weighted by molar-refractivity contribution is 5.41. The number of aryl methyl sites for hydroxylation is 1. The van der Waals surface area contributed by atoms with E-state index in [4.69, 9.17) is 10.7 Å². The molecule has 0 aliphatic heterocycles. The summed E-state index contributed by atoms with van der Waals surface area (Å²) in [6.07, 6.45) is 8.71. The van der Waals surface area contributed by atoms with Crippen LogP contribution in [0.4, 0.5) is 5.82 Å². The van der Waals surface area contributed by atoms with E-state index in [-0.39, 0.29) is 0 Å². The Hall–Kier alpha value is -0.990. The number of anilines is 1. The Morgan fingerprint density at radius 2 is 1.94 bits per heavy atom. The highest BCUT2D eigenvalue weighted by Gasteiger charge is 2.23. The lowest BCUT2D eigenvalue weighted by atomic mass is 9.87. The predicted molar refractivity (Wildman–Crippen MR) is 72.1 cm³/mol. The highest BCUT2D eigenvalue weighted by atomic mass is 15.1. The van der Waals surface area contributed by atoms with Crippen LogP contribution in [0.5, 0.6) is 0 Å². The largest absolute Gasteiger partial charge is 0.384 e. The van der Waals surface area contributed by atoms with Crippen LogP contribution >= 0.6 is 0 Å². The van der Waals surface area contributed by atoms with Gasteiger partial charge in [-0.3, -0.25) is 0 Å². The van der Waals surface area contributed by atoms with Gasteiger partial charge in [-0.1, -0.05) is 33.1 Å². The van der Waals surface area contributed by atoms with Crippen molar-refractivity contribution in [3.8, 4) is 0 Å². The molecular formula is C14H25N3. The minimum Gasteiger partial charge on any atom is -0.384 e. The summed E-state index contributed by atoms with van der Waals surface area (Å²) in [5, 5.41) is 0. The van der Waals surface area contributed by atoms with Gasteiger partial charge in [-0.05, 0) is 19.3 Å². The lowest BCUT2D eigenvalue weighted by Crippen LogP contribution is -2.09. The second kappa shape index (κ2) is 5.56. The maximum absolute atomic E-state index is 6.30. The third kappa shape index (κ3) is 2.48. The first-order chi connectivity index (χ1) is 8.27. The van der Waals surface area contributed by atoms with Crippen molar-refractivity contribution in [2.75, 3.05) is 5.73 Å². The van der Waals surface area contributed by atoms with Gasteiger partial charge in [-0.15, -0.1) is 0 Å². The van der Waals surface area contributed by atoms with E-state index in [9.17, 15) is 0 Å². The maximum Gasteiger partial charge on any atom is 0.127 e. The van der Waals surface area contributed by atoms with Gasteiger partial charge in [0.1, 0.15) is 11.6 Å². The third-order valence-corrected chi connectivity index (χ3v) is 3.87. The number of hydrogen-bond donors (Lipinski definition) is 1. The van der Waals surface area contributed by atoms with Crippen molar-refractivity contribution in [1.29, 1.82) is 0 Å². The van der Waals surface area contributed by atoms with Gasteiger partial charge >= 0.3 is 0 Å². The van der Waals surface area contributed by atoms with Crippen molar-refractivity contribution in [3.05, 3.63) is 11.5 Å². The van der Waals surface area contributed by atoms with Gasteiger partial charge in [0.15, 0.2) is 0 Å². The van der Waals surface area contributed by atoms with Gasteiger partial charge in [0.2, 0.25) is 0 Å². The van der Waals surface area contributed by atoms with Crippen LogP contribution in [0, 0.1) is 0 Å². The third-order valence-electron chi connectivity index (χ3n) is 3.87. The summed E-state index contributed by atoms with van der Waals surface area (Å²) in [6.45, 7) is 5.37. The molecule has 1 aliphatic carbocycles. The molecule has 1 aromatic heterocycles. The highest BCUT2D eigenvalue weighted by Crippen LogP contribution is 2.35. The standard InChI is InChI=1S/C14H25N3/c1-3-10-17-12(4-2)16-13(14(17)15)11-8-6-5-7-9-11/h11H,3-10,15H2,1-2H3. The topological polar surface area (TPSA) is 43.8 Å². The smallest absolute Gasteiger partial charge is 0.127 e. The minimum absolute atomic E-state index is 0.618. The van der Waals surface area contributed by atoms with Gasteiger partial charge < -0.3 is 10.3 Å². The molecular weight excluding hydrogens is 210 g/mol. The average molecular weight is 235 g/mol. The number of imidazole rings is 1. The van der Waals surface area contributed by atoms with E-state index < -0.39 is 0 Å². The Kier molecular flexibility index (Phi) is 4.08. The molecule has 1 aliphatic rings. The molecule has 96 valence electrons. The molecule has 0 radical (unpaired) electrons. The van der Waals surface area contributed by atoms with Crippen LogP contribution in [0.25, 0.3) is 0 Å². The minimum atomic E-state index is 0.618. The first-order valence-corrected chi connectivity index (χ1v) is 7.12. The van der Waals surface area contributed by atoms with Gasteiger partial charge in [-0.25, -0.2) is 4.98 Å². The summed E-state index contributed by atoms with van der Waals surface area (Å²) in [4.78, 5) is 4.81. The van der Waals surface area contributed by atoms with Crippen LogP contribution in [0.2, 0.25) is 0 Å². The molecule has 3 nitrogen and oxygen atoms in total.